The first-order valence-corrected chi connectivity index (χ1v) is 8.63. The van der Waals surface area contributed by atoms with E-state index in [1.807, 2.05) is 12.1 Å². The minimum atomic E-state index is -3.03. The topological polar surface area (TPSA) is 64.6 Å². The van der Waals surface area contributed by atoms with Crippen molar-refractivity contribution in [3.63, 3.8) is 0 Å². The van der Waals surface area contributed by atoms with Gasteiger partial charge in [-0.2, -0.15) is 8.78 Å². The highest BCUT2D eigenvalue weighted by atomic mass is 79.9. The number of para-hydroxylation sites is 2. The summed E-state index contributed by atoms with van der Waals surface area (Å²) in [6.45, 7) is -1.65. The van der Waals surface area contributed by atoms with Gasteiger partial charge in [0.25, 0.3) is 5.91 Å². The normalized spacial score (nSPS) is 12.0. The Morgan fingerprint density at radius 2 is 1.89 bits per heavy atom. The van der Waals surface area contributed by atoms with Gasteiger partial charge in [0, 0.05) is 10.5 Å². The predicted octanol–water partition coefficient (Wildman–Crippen LogP) is 4.63. The average molecular weight is 440 g/mol. The van der Waals surface area contributed by atoms with Crippen molar-refractivity contribution in [3.05, 3.63) is 64.6 Å². The fourth-order valence-electron chi connectivity index (χ4n) is 2.04. The number of hydrogen-bond donors (Lipinski definition) is 1. The second-order valence-corrected chi connectivity index (χ2v) is 6.25. The van der Waals surface area contributed by atoms with Crippen molar-refractivity contribution in [1.82, 2.24) is 0 Å². The Morgan fingerprint density at radius 3 is 2.59 bits per heavy atom. The van der Waals surface area contributed by atoms with Crippen LogP contribution in [0.4, 0.5) is 14.5 Å². The third-order valence-corrected chi connectivity index (χ3v) is 3.78. The molecular weight excluding hydrogens is 424 g/mol. The van der Waals surface area contributed by atoms with Crippen molar-refractivity contribution < 1.29 is 27.8 Å². The first-order chi connectivity index (χ1) is 12.8. The monoisotopic (exact) mass is 439 g/mol. The number of nitrogens with one attached hydrogen (secondary N) is 1. The van der Waals surface area contributed by atoms with Crippen LogP contribution in [-0.2, 0) is 14.3 Å². The van der Waals surface area contributed by atoms with Gasteiger partial charge in [0.15, 0.2) is 6.10 Å². The Balaban J connectivity index is 1.94. The standard InChI is InChI=1S/C19H16BrF2NO4/c1-12(26-17(24)10-9-13-5-4-6-14(20)11-13)18(25)23-15-7-2-3-8-16(15)27-19(21)22/h2-12,19H,1H3,(H,23,25)/b10-9+. The predicted molar refractivity (Wildman–Crippen MR) is 100 cm³/mol. The summed E-state index contributed by atoms with van der Waals surface area (Å²) in [7, 11) is 0. The number of alkyl halides is 2. The lowest BCUT2D eigenvalue weighted by Gasteiger charge is -2.15. The smallest absolute Gasteiger partial charge is 0.387 e. The molecule has 2 aromatic carbocycles. The first kappa shape index (κ1) is 20.6. The van der Waals surface area contributed by atoms with Crippen LogP contribution >= 0.6 is 15.9 Å². The van der Waals surface area contributed by atoms with E-state index in [9.17, 15) is 18.4 Å². The molecule has 0 saturated carbocycles. The summed E-state index contributed by atoms with van der Waals surface area (Å²) in [6.07, 6.45) is 1.60. The van der Waals surface area contributed by atoms with Gasteiger partial charge in [-0.1, -0.05) is 40.2 Å². The van der Waals surface area contributed by atoms with E-state index in [1.165, 1.54) is 31.2 Å². The number of carbonyl (C=O) groups is 2. The number of rotatable bonds is 7. The van der Waals surface area contributed by atoms with E-state index in [4.69, 9.17) is 4.74 Å². The number of esters is 1. The van der Waals surface area contributed by atoms with Gasteiger partial charge in [-0.25, -0.2) is 4.79 Å². The van der Waals surface area contributed by atoms with Gasteiger partial charge in [-0.15, -0.1) is 0 Å². The van der Waals surface area contributed by atoms with E-state index in [2.05, 4.69) is 26.0 Å². The number of anilines is 1. The number of amides is 1. The molecule has 0 aromatic heterocycles. The highest BCUT2D eigenvalue weighted by Crippen LogP contribution is 2.25. The van der Waals surface area contributed by atoms with E-state index < -0.39 is 24.6 Å². The van der Waals surface area contributed by atoms with Gasteiger partial charge in [-0.3, -0.25) is 4.79 Å². The molecule has 2 aromatic rings. The molecule has 0 aliphatic heterocycles. The van der Waals surface area contributed by atoms with Crippen LogP contribution in [-0.4, -0.2) is 24.6 Å². The number of benzene rings is 2. The Bertz CT molecular complexity index is 842. The Hall–Kier alpha value is -2.74. The van der Waals surface area contributed by atoms with E-state index in [0.717, 1.165) is 10.0 Å². The minimum absolute atomic E-state index is 0.0513. The van der Waals surface area contributed by atoms with Crippen LogP contribution in [0.3, 0.4) is 0 Å². The second-order valence-electron chi connectivity index (χ2n) is 5.33. The summed E-state index contributed by atoms with van der Waals surface area (Å²) in [4.78, 5) is 24.0. The number of halogens is 3. The first-order valence-electron chi connectivity index (χ1n) is 7.84. The molecule has 0 aliphatic rings. The molecule has 0 aliphatic carbocycles. The molecule has 0 bridgehead atoms. The molecule has 2 rings (SSSR count). The van der Waals surface area contributed by atoms with Crippen LogP contribution in [0.2, 0.25) is 0 Å². The summed E-state index contributed by atoms with van der Waals surface area (Å²) in [5.74, 6) is -1.58. The zero-order valence-electron chi connectivity index (χ0n) is 14.2. The molecule has 0 saturated heterocycles. The molecule has 0 radical (unpaired) electrons. The van der Waals surface area contributed by atoms with Crippen molar-refractivity contribution in [2.45, 2.75) is 19.6 Å². The minimum Gasteiger partial charge on any atom is -0.449 e. The third kappa shape index (κ3) is 6.82. The van der Waals surface area contributed by atoms with Crippen LogP contribution in [0.25, 0.3) is 6.08 Å². The molecule has 1 atom stereocenters. The summed E-state index contributed by atoms with van der Waals surface area (Å²) < 4.78 is 35.0. The van der Waals surface area contributed by atoms with E-state index >= 15 is 0 Å². The van der Waals surface area contributed by atoms with Gasteiger partial charge < -0.3 is 14.8 Å². The van der Waals surface area contributed by atoms with E-state index in [-0.39, 0.29) is 11.4 Å². The average Bonchev–Trinajstić information content (AvgIpc) is 2.61. The van der Waals surface area contributed by atoms with Gasteiger partial charge in [-0.05, 0) is 42.8 Å². The number of carbonyl (C=O) groups excluding carboxylic acids is 2. The molecule has 5 nitrogen and oxygen atoms in total. The highest BCUT2D eigenvalue weighted by Gasteiger charge is 2.19. The molecule has 8 heteroatoms. The molecular formula is C19H16BrF2NO4. The maximum Gasteiger partial charge on any atom is 0.387 e. The lowest BCUT2D eigenvalue weighted by atomic mass is 10.2. The van der Waals surface area contributed by atoms with Crippen molar-refractivity contribution in [2.24, 2.45) is 0 Å². The molecule has 1 unspecified atom stereocenters. The van der Waals surface area contributed by atoms with Crippen molar-refractivity contribution in [1.29, 1.82) is 0 Å². The third-order valence-electron chi connectivity index (χ3n) is 3.28. The quantitative estimate of drug-likeness (QED) is 0.504. The molecule has 0 spiro atoms. The second kappa shape index (κ2) is 9.82. The molecule has 27 heavy (non-hydrogen) atoms. The van der Waals surface area contributed by atoms with E-state index in [1.54, 1.807) is 24.3 Å². The van der Waals surface area contributed by atoms with Gasteiger partial charge in [0.05, 0.1) is 5.69 Å². The summed E-state index contributed by atoms with van der Waals surface area (Å²) in [5.41, 5.74) is 0.826. The summed E-state index contributed by atoms with van der Waals surface area (Å²) in [5, 5.41) is 2.40. The molecule has 0 heterocycles. The fourth-order valence-corrected chi connectivity index (χ4v) is 2.46. The SMILES string of the molecule is CC(OC(=O)/C=C/c1cccc(Br)c1)C(=O)Nc1ccccc1OC(F)F. The maximum absolute atomic E-state index is 12.4. The largest absolute Gasteiger partial charge is 0.449 e. The zero-order valence-corrected chi connectivity index (χ0v) is 15.8. The maximum atomic E-state index is 12.4. The van der Waals surface area contributed by atoms with Crippen LogP contribution in [0.1, 0.15) is 12.5 Å². The van der Waals surface area contributed by atoms with Crippen LogP contribution < -0.4 is 10.1 Å². The van der Waals surface area contributed by atoms with Gasteiger partial charge >= 0.3 is 12.6 Å². The molecule has 0 fully saturated rings. The lowest BCUT2D eigenvalue weighted by molar-refractivity contribution is -0.148. The van der Waals surface area contributed by atoms with Gasteiger partial charge in [0.2, 0.25) is 0 Å². The zero-order chi connectivity index (χ0) is 19.8. The van der Waals surface area contributed by atoms with Crippen LogP contribution in [0, 0.1) is 0 Å². The van der Waals surface area contributed by atoms with Crippen molar-refractivity contribution in [3.8, 4) is 5.75 Å². The number of ether oxygens (including phenoxy) is 2. The molecule has 1 amide bonds. The summed E-state index contributed by atoms with van der Waals surface area (Å²) >= 11 is 3.32. The van der Waals surface area contributed by atoms with Crippen LogP contribution in [0.15, 0.2) is 59.1 Å². The van der Waals surface area contributed by atoms with Crippen molar-refractivity contribution >= 4 is 39.6 Å². The number of hydrogen-bond acceptors (Lipinski definition) is 4. The molecule has 142 valence electrons. The lowest BCUT2D eigenvalue weighted by Crippen LogP contribution is -2.29. The van der Waals surface area contributed by atoms with E-state index in [0.29, 0.717) is 0 Å². The fraction of sp³-hybridized carbons (Fsp3) is 0.158. The Morgan fingerprint density at radius 1 is 1.15 bits per heavy atom. The highest BCUT2D eigenvalue weighted by molar-refractivity contribution is 9.10. The van der Waals surface area contributed by atoms with Gasteiger partial charge in [0.1, 0.15) is 5.75 Å². The van der Waals surface area contributed by atoms with Crippen LogP contribution in [0.5, 0.6) is 5.75 Å². The Kier molecular flexibility index (Phi) is 7.48. The molecule has 1 N–H and O–H groups in total. The van der Waals surface area contributed by atoms with Crippen molar-refractivity contribution in [2.75, 3.05) is 5.32 Å². The Labute approximate surface area is 163 Å². The summed E-state index contributed by atoms with van der Waals surface area (Å²) in [6, 6.07) is 13.0.